The van der Waals surface area contributed by atoms with Gasteiger partial charge in [0.1, 0.15) is 30.4 Å². The molecule has 0 aromatic heterocycles. The second-order valence-electron chi connectivity index (χ2n) is 9.51. The number of carbonyl (C=O) groups is 3. The van der Waals surface area contributed by atoms with E-state index in [1.807, 2.05) is 18.2 Å². The lowest BCUT2D eigenvalue weighted by Gasteiger charge is -2.26. The minimum atomic E-state index is -0.889. The minimum Gasteiger partial charge on any atom is -0.490 e. The number of hydrogen-bond acceptors (Lipinski definition) is 6. The van der Waals surface area contributed by atoms with Gasteiger partial charge in [-0.15, -0.1) is 0 Å². The SMILES string of the molecule is CCOc1cc(/C=C2\C(=O)NC(=O)N(c3ccc(OCc4ccccc4Cl)cc3)C2=O)cc(Cl)c1OCc1ccc(F)cc1. The molecule has 0 bridgehead atoms. The number of barbiturate groups is 1. The third-order valence-corrected chi connectivity index (χ3v) is 7.14. The zero-order valence-corrected chi connectivity index (χ0v) is 24.8. The summed E-state index contributed by atoms with van der Waals surface area (Å²) in [4.78, 5) is 39.8. The Balaban J connectivity index is 1.36. The molecule has 224 valence electrons. The predicted octanol–water partition coefficient (Wildman–Crippen LogP) is 7.36. The molecule has 0 radical (unpaired) electrons. The molecule has 0 spiro atoms. The van der Waals surface area contributed by atoms with Crippen molar-refractivity contribution >= 4 is 52.8 Å². The average Bonchev–Trinajstić information content (AvgIpc) is 3.00. The number of halogens is 3. The molecule has 1 aliphatic heterocycles. The molecule has 11 heteroatoms. The van der Waals surface area contributed by atoms with E-state index in [0.29, 0.717) is 21.9 Å². The normalized spacial score (nSPS) is 14.0. The number of nitrogens with one attached hydrogen (secondary N) is 1. The molecule has 0 atom stereocenters. The number of ether oxygens (including phenoxy) is 3. The largest absolute Gasteiger partial charge is 0.490 e. The highest BCUT2D eigenvalue weighted by Crippen LogP contribution is 2.38. The van der Waals surface area contributed by atoms with Gasteiger partial charge >= 0.3 is 6.03 Å². The van der Waals surface area contributed by atoms with Crippen LogP contribution >= 0.6 is 23.2 Å². The van der Waals surface area contributed by atoms with Crippen molar-refractivity contribution in [2.75, 3.05) is 11.5 Å². The Kier molecular flexibility index (Phi) is 9.47. The summed E-state index contributed by atoms with van der Waals surface area (Å²) in [6.45, 7) is 2.38. The molecule has 1 saturated heterocycles. The van der Waals surface area contributed by atoms with Gasteiger partial charge in [0, 0.05) is 10.6 Å². The van der Waals surface area contributed by atoms with Gasteiger partial charge in [0.25, 0.3) is 11.8 Å². The number of benzene rings is 4. The van der Waals surface area contributed by atoms with E-state index >= 15 is 0 Å². The topological polar surface area (TPSA) is 94.2 Å². The number of carbonyl (C=O) groups excluding carboxylic acids is 3. The highest BCUT2D eigenvalue weighted by atomic mass is 35.5. The molecule has 0 saturated carbocycles. The van der Waals surface area contributed by atoms with Gasteiger partial charge in [-0.25, -0.2) is 14.1 Å². The van der Waals surface area contributed by atoms with Crippen molar-refractivity contribution in [1.82, 2.24) is 5.32 Å². The van der Waals surface area contributed by atoms with Gasteiger partial charge in [-0.05, 0) is 78.7 Å². The summed E-state index contributed by atoms with van der Waals surface area (Å²) in [5.41, 5.74) is 1.82. The van der Waals surface area contributed by atoms with Gasteiger partial charge in [0.05, 0.1) is 17.3 Å². The van der Waals surface area contributed by atoms with E-state index in [4.69, 9.17) is 37.4 Å². The monoisotopic (exact) mass is 634 g/mol. The summed E-state index contributed by atoms with van der Waals surface area (Å²) >= 11 is 12.7. The lowest BCUT2D eigenvalue weighted by Crippen LogP contribution is -2.54. The maximum atomic E-state index is 13.4. The van der Waals surface area contributed by atoms with Crippen LogP contribution in [0.15, 0.2) is 90.5 Å². The Bertz CT molecular complexity index is 1740. The molecular weight excluding hydrogens is 610 g/mol. The van der Waals surface area contributed by atoms with Crippen LogP contribution in [-0.4, -0.2) is 24.5 Å². The van der Waals surface area contributed by atoms with Crippen LogP contribution in [0, 0.1) is 5.82 Å². The molecule has 5 rings (SSSR count). The third-order valence-electron chi connectivity index (χ3n) is 6.49. The Morgan fingerprint density at radius 3 is 2.27 bits per heavy atom. The fourth-order valence-electron chi connectivity index (χ4n) is 4.34. The molecule has 0 unspecified atom stereocenters. The van der Waals surface area contributed by atoms with Crippen molar-refractivity contribution in [3.63, 3.8) is 0 Å². The number of anilines is 1. The standard InChI is InChI=1S/C33H25Cl2FN2O6/c1-2-42-29-17-21(16-28(35)30(29)44-18-20-7-9-23(36)10-8-20)15-26-31(39)37-33(41)38(32(26)40)24-11-13-25(14-12-24)43-19-22-5-3-4-6-27(22)34/h3-17H,2,18-19H2,1H3,(H,37,39,41)/b26-15+. The van der Waals surface area contributed by atoms with E-state index in [-0.39, 0.29) is 53.4 Å². The first-order valence-corrected chi connectivity index (χ1v) is 14.2. The van der Waals surface area contributed by atoms with Crippen LogP contribution in [0.5, 0.6) is 17.2 Å². The summed E-state index contributed by atoms with van der Waals surface area (Å²) < 4.78 is 30.6. The molecule has 1 N–H and O–H groups in total. The highest BCUT2D eigenvalue weighted by Gasteiger charge is 2.37. The molecule has 1 heterocycles. The summed E-state index contributed by atoms with van der Waals surface area (Å²) in [6, 6.07) is 21.6. The van der Waals surface area contributed by atoms with E-state index < -0.39 is 17.8 Å². The molecular formula is C33H25Cl2FN2O6. The number of rotatable bonds is 10. The average molecular weight is 635 g/mol. The lowest BCUT2D eigenvalue weighted by molar-refractivity contribution is -0.122. The van der Waals surface area contributed by atoms with Crippen LogP contribution in [0.2, 0.25) is 10.0 Å². The molecule has 1 fully saturated rings. The Hall–Kier alpha value is -4.86. The molecule has 0 aliphatic carbocycles. The molecule has 4 amide bonds. The molecule has 4 aromatic carbocycles. The number of urea groups is 1. The Morgan fingerprint density at radius 1 is 0.841 bits per heavy atom. The van der Waals surface area contributed by atoms with Gasteiger partial charge in [0.2, 0.25) is 0 Å². The van der Waals surface area contributed by atoms with E-state index in [1.165, 1.54) is 36.4 Å². The zero-order chi connectivity index (χ0) is 31.2. The van der Waals surface area contributed by atoms with Gasteiger partial charge in [-0.3, -0.25) is 14.9 Å². The lowest BCUT2D eigenvalue weighted by atomic mass is 10.1. The zero-order valence-electron chi connectivity index (χ0n) is 23.3. The van der Waals surface area contributed by atoms with Crippen LogP contribution in [0.25, 0.3) is 6.08 Å². The summed E-state index contributed by atoms with van der Waals surface area (Å²) in [5.74, 6) is -1.04. The second kappa shape index (κ2) is 13.6. The van der Waals surface area contributed by atoms with Crippen LogP contribution < -0.4 is 24.4 Å². The molecule has 44 heavy (non-hydrogen) atoms. The van der Waals surface area contributed by atoms with Crippen LogP contribution in [0.1, 0.15) is 23.6 Å². The number of imide groups is 2. The van der Waals surface area contributed by atoms with E-state index in [9.17, 15) is 18.8 Å². The van der Waals surface area contributed by atoms with Crippen molar-refractivity contribution < 1.29 is 33.0 Å². The number of hydrogen-bond donors (Lipinski definition) is 1. The maximum absolute atomic E-state index is 13.4. The van der Waals surface area contributed by atoms with Crippen molar-refractivity contribution in [1.29, 1.82) is 0 Å². The maximum Gasteiger partial charge on any atom is 0.335 e. The summed E-state index contributed by atoms with van der Waals surface area (Å²) in [5, 5.41) is 2.94. The first-order chi connectivity index (χ1) is 21.2. The Morgan fingerprint density at radius 2 is 1.57 bits per heavy atom. The van der Waals surface area contributed by atoms with Gasteiger partial charge < -0.3 is 14.2 Å². The van der Waals surface area contributed by atoms with E-state index in [0.717, 1.165) is 10.5 Å². The first kappa shape index (κ1) is 30.6. The first-order valence-electron chi connectivity index (χ1n) is 13.4. The van der Waals surface area contributed by atoms with Gasteiger partial charge in [-0.2, -0.15) is 0 Å². The molecule has 4 aromatic rings. The predicted molar refractivity (Wildman–Crippen MR) is 165 cm³/mol. The van der Waals surface area contributed by atoms with Crippen LogP contribution in [-0.2, 0) is 22.8 Å². The van der Waals surface area contributed by atoms with Crippen LogP contribution in [0.4, 0.5) is 14.9 Å². The van der Waals surface area contributed by atoms with Crippen molar-refractivity contribution in [3.05, 3.63) is 123 Å². The minimum absolute atomic E-state index is 0.0995. The Labute approximate surface area is 262 Å². The highest BCUT2D eigenvalue weighted by molar-refractivity contribution is 6.39. The smallest absolute Gasteiger partial charge is 0.335 e. The van der Waals surface area contributed by atoms with Crippen molar-refractivity contribution in [3.8, 4) is 17.2 Å². The van der Waals surface area contributed by atoms with Gasteiger partial charge in [-0.1, -0.05) is 53.5 Å². The van der Waals surface area contributed by atoms with Crippen molar-refractivity contribution in [2.24, 2.45) is 0 Å². The van der Waals surface area contributed by atoms with Crippen LogP contribution in [0.3, 0.4) is 0 Å². The second-order valence-corrected chi connectivity index (χ2v) is 10.3. The molecule has 1 aliphatic rings. The number of nitrogens with zero attached hydrogens (tertiary/aromatic N) is 1. The number of amides is 4. The quantitative estimate of drug-likeness (QED) is 0.145. The van der Waals surface area contributed by atoms with E-state index in [1.54, 1.807) is 43.3 Å². The fraction of sp³-hybridized carbons (Fsp3) is 0.121. The van der Waals surface area contributed by atoms with Gasteiger partial charge in [0.15, 0.2) is 11.5 Å². The third kappa shape index (κ3) is 7.02. The summed E-state index contributed by atoms with van der Waals surface area (Å²) in [7, 11) is 0. The van der Waals surface area contributed by atoms with E-state index in [2.05, 4.69) is 5.32 Å². The molecule has 8 nitrogen and oxygen atoms in total. The summed E-state index contributed by atoms with van der Waals surface area (Å²) in [6.07, 6.45) is 1.32. The fourth-order valence-corrected chi connectivity index (χ4v) is 4.80. The van der Waals surface area contributed by atoms with Crippen molar-refractivity contribution in [2.45, 2.75) is 20.1 Å².